The van der Waals surface area contributed by atoms with E-state index in [-0.39, 0.29) is 11.7 Å². The monoisotopic (exact) mass is 358 g/mol. The molecule has 1 amide bonds. The molecule has 0 bridgehead atoms. The lowest BCUT2D eigenvalue weighted by atomic mass is 10.0. The van der Waals surface area contributed by atoms with Gasteiger partial charge in [0.1, 0.15) is 23.1 Å². The Morgan fingerprint density at radius 2 is 1.81 bits per heavy atom. The Balaban J connectivity index is 1.61. The Hall–Kier alpha value is -2.51. The molecule has 1 fully saturated rings. The minimum Gasteiger partial charge on any atom is -0.456 e. The zero-order valence-electron chi connectivity index (χ0n) is 15.0. The lowest BCUT2D eigenvalue weighted by Crippen LogP contribution is -2.58. The average Bonchev–Trinajstić information content (AvgIpc) is 2.66. The molecule has 2 N–H and O–H groups in total. The molecule has 0 aliphatic carbocycles. The van der Waals surface area contributed by atoms with E-state index >= 15 is 0 Å². The average molecular weight is 358 g/mol. The second-order valence-corrected chi connectivity index (χ2v) is 6.69. The highest BCUT2D eigenvalue weighted by molar-refractivity contribution is 5.96. The van der Waals surface area contributed by atoms with Gasteiger partial charge in [-0.1, -0.05) is 0 Å². The third kappa shape index (κ3) is 4.36. The molecule has 1 aliphatic rings. The molecule has 2 heterocycles. The van der Waals surface area contributed by atoms with Crippen molar-refractivity contribution >= 4 is 11.7 Å². The Kier molecular flexibility index (Phi) is 5.49. The minimum atomic E-state index is -0.618. The van der Waals surface area contributed by atoms with Gasteiger partial charge in [-0.2, -0.15) is 0 Å². The molecule has 138 valence electrons. The van der Waals surface area contributed by atoms with Crippen LogP contribution in [0.2, 0.25) is 0 Å². The van der Waals surface area contributed by atoms with E-state index in [2.05, 4.69) is 20.5 Å². The molecule has 0 spiro atoms. The highest BCUT2D eigenvalue weighted by atomic mass is 19.1. The first-order valence-corrected chi connectivity index (χ1v) is 8.62. The number of hydrogen-bond donors (Lipinski definition) is 2. The van der Waals surface area contributed by atoms with Crippen LogP contribution in [0.3, 0.4) is 0 Å². The van der Waals surface area contributed by atoms with Crippen molar-refractivity contribution in [3.8, 4) is 11.5 Å². The van der Waals surface area contributed by atoms with Gasteiger partial charge in [0.05, 0.1) is 11.7 Å². The van der Waals surface area contributed by atoms with Crippen molar-refractivity contribution in [2.75, 3.05) is 31.5 Å². The molecule has 2 aromatic rings. The number of aromatic nitrogens is 1. The number of halogens is 1. The maximum Gasteiger partial charge on any atom is 0.245 e. The number of piperazine rings is 1. The van der Waals surface area contributed by atoms with Crippen LogP contribution in [0.25, 0.3) is 0 Å². The molecule has 0 unspecified atom stereocenters. The van der Waals surface area contributed by atoms with Crippen molar-refractivity contribution in [1.29, 1.82) is 0 Å². The summed E-state index contributed by atoms with van der Waals surface area (Å²) in [5.41, 5.74) is -0.618. The number of nitrogens with one attached hydrogen (secondary N) is 2. The fraction of sp³-hybridized carbons (Fsp3) is 0.368. The highest BCUT2D eigenvalue weighted by Gasteiger charge is 2.35. The van der Waals surface area contributed by atoms with Crippen LogP contribution in [0.5, 0.6) is 11.5 Å². The van der Waals surface area contributed by atoms with Gasteiger partial charge in [-0.05, 0) is 50.2 Å². The van der Waals surface area contributed by atoms with Gasteiger partial charge in [-0.15, -0.1) is 0 Å². The topological polar surface area (TPSA) is 66.5 Å². The van der Waals surface area contributed by atoms with Crippen LogP contribution in [0, 0.1) is 5.82 Å². The van der Waals surface area contributed by atoms with Gasteiger partial charge in [0, 0.05) is 26.2 Å². The van der Waals surface area contributed by atoms with E-state index in [1.807, 2.05) is 13.8 Å². The quantitative estimate of drug-likeness (QED) is 0.860. The van der Waals surface area contributed by atoms with Crippen LogP contribution in [-0.2, 0) is 4.79 Å². The van der Waals surface area contributed by atoms with Crippen molar-refractivity contribution in [2.24, 2.45) is 0 Å². The number of rotatable bonds is 5. The maximum absolute atomic E-state index is 12.9. The number of nitrogens with zero attached hydrogens (tertiary/aromatic N) is 2. The Bertz CT molecular complexity index is 741. The van der Waals surface area contributed by atoms with E-state index in [1.54, 1.807) is 24.3 Å². The summed E-state index contributed by atoms with van der Waals surface area (Å²) >= 11 is 0. The van der Waals surface area contributed by atoms with E-state index in [1.165, 1.54) is 18.3 Å². The first-order valence-electron chi connectivity index (χ1n) is 8.62. The molecule has 0 radical (unpaired) electrons. The van der Waals surface area contributed by atoms with Crippen LogP contribution in [0.15, 0.2) is 42.6 Å². The molecule has 1 saturated heterocycles. The van der Waals surface area contributed by atoms with Gasteiger partial charge in [-0.3, -0.25) is 9.69 Å². The first-order chi connectivity index (χ1) is 12.4. The van der Waals surface area contributed by atoms with Gasteiger partial charge in [0.25, 0.3) is 0 Å². The molecule has 6 nitrogen and oxygen atoms in total. The van der Waals surface area contributed by atoms with Crippen molar-refractivity contribution in [3.63, 3.8) is 0 Å². The Labute approximate surface area is 152 Å². The Morgan fingerprint density at radius 3 is 2.42 bits per heavy atom. The number of carbonyl (C=O) groups is 1. The van der Waals surface area contributed by atoms with E-state index in [0.717, 1.165) is 26.2 Å². The van der Waals surface area contributed by atoms with E-state index in [4.69, 9.17) is 4.74 Å². The number of ether oxygens (including phenoxy) is 1. The van der Waals surface area contributed by atoms with E-state index in [0.29, 0.717) is 17.3 Å². The third-order valence-corrected chi connectivity index (χ3v) is 4.49. The normalized spacial score (nSPS) is 15.5. The number of carbonyl (C=O) groups excluding carboxylic acids is 1. The molecule has 3 rings (SSSR count). The third-order valence-electron chi connectivity index (χ3n) is 4.49. The van der Waals surface area contributed by atoms with Crippen LogP contribution in [0.4, 0.5) is 10.2 Å². The smallest absolute Gasteiger partial charge is 0.245 e. The molecule has 7 heteroatoms. The van der Waals surface area contributed by atoms with Crippen molar-refractivity contribution < 1.29 is 13.9 Å². The molecule has 1 aliphatic heterocycles. The van der Waals surface area contributed by atoms with Crippen molar-refractivity contribution in [3.05, 3.63) is 48.4 Å². The standard InChI is InChI=1S/C19H23FN4O2/c1-19(2,24-11-9-21-10-12-24)18(25)23-17-8-7-16(13-22-17)26-15-5-3-14(20)4-6-15/h3-8,13,21H,9-12H2,1-2H3,(H,22,23,25). The minimum absolute atomic E-state index is 0.0981. The fourth-order valence-electron chi connectivity index (χ4n) is 2.79. The second-order valence-electron chi connectivity index (χ2n) is 6.69. The summed E-state index contributed by atoms with van der Waals surface area (Å²) in [5.74, 6) is 1.07. The highest BCUT2D eigenvalue weighted by Crippen LogP contribution is 2.22. The van der Waals surface area contributed by atoms with Gasteiger partial charge in [0.15, 0.2) is 0 Å². The zero-order valence-corrected chi connectivity index (χ0v) is 15.0. The number of benzene rings is 1. The van der Waals surface area contributed by atoms with Gasteiger partial charge in [-0.25, -0.2) is 9.37 Å². The number of anilines is 1. The molecule has 1 aromatic heterocycles. The summed E-state index contributed by atoms with van der Waals surface area (Å²) in [4.78, 5) is 19.0. The summed E-state index contributed by atoms with van der Waals surface area (Å²) in [5, 5.41) is 6.14. The number of amides is 1. The summed E-state index contributed by atoms with van der Waals surface area (Å²) in [7, 11) is 0. The van der Waals surface area contributed by atoms with Crippen molar-refractivity contribution in [2.45, 2.75) is 19.4 Å². The van der Waals surface area contributed by atoms with Gasteiger partial charge >= 0.3 is 0 Å². The lowest BCUT2D eigenvalue weighted by molar-refractivity contribution is -0.126. The Morgan fingerprint density at radius 1 is 1.15 bits per heavy atom. The molecule has 1 aromatic carbocycles. The van der Waals surface area contributed by atoms with Crippen LogP contribution >= 0.6 is 0 Å². The molecular weight excluding hydrogens is 335 g/mol. The van der Waals surface area contributed by atoms with Crippen LogP contribution < -0.4 is 15.4 Å². The molecule has 0 saturated carbocycles. The maximum atomic E-state index is 12.9. The largest absolute Gasteiger partial charge is 0.456 e. The summed E-state index contributed by atoms with van der Waals surface area (Å²) in [6.07, 6.45) is 1.52. The van der Waals surface area contributed by atoms with Crippen LogP contribution in [0.1, 0.15) is 13.8 Å². The predicted octanol–water partition coefficient (Wildman–Crippen LogP) is 2.64. The zero-order chi connectivity index (χ0) is 18.6. The van der Waals surface area contributed by atoms with Gasteiger partial charge < -0.3 is 15.4 Å². The van der Waals surface area contributed by atoms with E-state index in [9.17, 15) is 9.18 Å². The van der Waals surface area contributed by atoms with E-state index < -0.39 is 5.54 Å². The molecular formula is C19H23FN4O2. The fourth-order valence-corrected chi connectivity index (χ4v) is 2.79. The molecule has 0 atom stereocenters. The summed E-state index contributed by atoms with van der Waals surface area (Å²) in [6.45, 7) is 7.25. The number of hydrogen-bond acceptors (Lipinski definition) is 5. The predicted molar refractivity (Wildman–Crippen MR) is 97.9 cm³/mol. The molecule has 26 heavy (non-hydrogen) atoms. The number of pyridine rings is 1. The van der Waals surface area contributed by atoms with Crippen molar-refractivity contribution in [1.82, 2.24) is 15.2 Å². The second kappa shape index (κ2) is 7.80. The summed E-state index contributed by atoms with van der Waals surface area (Å²) in [6, 6.07) is 9.14. The van der Waals surface area contributed by atoms with Gasteiger partial charge in [0.2, 0.25) is 5.91 Å². The first kappa shape index (κ1) is 18.3. The van der Waals surface area contributed by atoms with Crippen LogP contribution in [-0.4, -0.2) is 47.5 Å². The lowest BCUT2D eigenvalue weighted by Gasteiger charge is -2.39. The SMILES string of the molecule is CC(C)(C(=O)Nc1ccc(Oc2ccc(F)cc2)cn1)N1CCNCC1. The summed E-state index contributed by atoms with van der Waals surface area (Å²) < 4.78 is 18.5.